The Hall–Kier alpha value is -0.190. The lowest BCUT2D eigenvalue weighted by molar-refractivity contribution is -0.246. The average molecular weight is 136 g/mol. The van der Waals surface area contributed by atoms with Gasteiger partial charge in [-0.25, -0.2) is 4.39 Å². The first kappa shape index (κ1) is 6.92. The van der Waals surface area contributed by atoms with Crippen molar-refractivity contribution in [1.82, 2.24) is 0 Å². The molecule has 9 heavy (non-hydrogen) atoms. The SMILES string of the molecule is OC1(O)CCOC[C@@H]1F. The number of alkyl halides is 1. The minimum absolute atomic E-state index is 0.0475. The van der Waals surface area contributed by atoms with Gasteiger partial charge in [-0.05, 0) is 0 Å². The summed E-state index contributed by atoms with van der Waals surface area (Å²) in [6.45, 7) is 0.000417. The minimum Gasteiger partial charge on any atom is -0.378 e. The van der Waals surface area contributed by atoms with Gasteiger partial charge in [0.1, 0.15) is 0 Å². The van der Waals surface area contributed by atoms with Crippen molar-refractivity contribution < 1.29 is 19.3 Å². The largest absolute Gasteiger partial charge is 0.378 e. The van der Waals surface area contributed by atoms with Crippen molar-refractivity contribution in [2.75, 3.05) is 13.2 Å². The third-order valence-electron chi connectivity index (χ3n) is 1.38. The van der Waals surface area contributed by atoms with Gasteiger partial charge in [-0.1, -0.05) is 0 Å². The van der Waals surface area contributed by atoms with Gasteiger partial charge in [0.2, 0.25) is 0 Å². The van der Waals surface area contributed by atoms with Crippen molar-refractivity contribution in [3.05, 3.63) is 0 Å². The summed E-state index contributed by atoms with van der Waals surface area (Å²) in [6, 6.07) is 0. The Balaban J connectivity index is 2.49. The van der Waals surface area contributed by atoms with Gasteiger partial charge in [-0.2, -0.15) is 0 Å². The van der Waals surface area contributed by atoms with Gasteiger partial charge < -0.3 is 14.9 Å². The Kier molecular flexibility index (Phi) is 1.70. The van der Waals surface area contributed by atoms with Crippen LogP contribution >= 0.6 is 0 Å². The Labute approximate surface area is 52.1 Å². The van der Waals surface area contributed by atoms with Gasteiger partial charge in [-0.15, -0.1) is 0 Å². The lowest BCUT2D eigenvalue weighted by atomic mass is 10.1. The second-order valence-corrected chi connectivity index (χ2v) is 2.17. The van der Waals surface area contributed by atoms with Gasteiger partial charge in [0.25, 0.3) is 0 Å². The highest BCUT2D eigenvalue weighted by Gasteiger charge is 2.37. The fraction of sp³-hybridized carbons (Fsp3) is 1.00. The summed E-state index contributed by atoms with van der Waals surface area (Å²) in [5.41, 5.74) is 0. The summed E-state index contributed by atoms with van der Waals surface area (Å²) in [4.78, 5) is 0. The van der Waals surface area contributed by atoms with Crippen molar-refractivity contribution >= 4 is 0 Å². The highest BCUT2D eigenvalue weighted by molar-refractivity contribution is 4.78. The molecule has 54 valence electrons. The second kappa shape index (κ2) is 2.21. The zero-order chi connectivity index (χ0) is 6.91. The number of rotatable bonds is 0. The molecule has 1 rings (SSSR count). The third kappa shape index (κ3) is 1.38. The summed E-state index contributed by atoms with van der Waals surface area (Å²) in [5, 5.41) is 17.5. The van der Waals surface area contributed by atoms with Crippen LogP contribution in [0, 0.1) is 0 Å². The number of hydrogen-bond acceptors (Lipinski definition) is 3. The van der Waals surface area contributed by atoms with Crippen LogP contribution in [0.3, 0.4) is 0 Å². The van der Waals surface area contributed by atoms with E-state index >= 15 is 0 Å². The molecule has 0 amide bonds. The third-order valence-corrected chi connectivity index (χ3v) is 1.38. The minimum atomic E-state index is -2.15. The van der Waals surface area contributed by atoms with E-state index in [-0.39, 0.29) is 19.6 Å². The van der Waals surface area contributed by atoms with Crippen molar-refractivity contribution in [3.63, 3.8) is 0 Å². The maximum absolute atomic E-state index is 12.3. The van der Waals surface area contributed by atoms with Crippen LogP contribution in [0.5, 0.6) is 0 Å². The molecule has 0 aromatic heterocycles. The molecule has 1 saturated heterocycles. The van der Waals surface area contributed by atoms with Gasteiger partial charge in [0.15, 0.2) is 12.0 Å². The normalized spacial score (nSPS) is 34.3. The molecule has 2 N–H and O–H groups in total. The van der Waals surface area contributed by atoms with Gasteiger partial charge >= 0.3 is 0 Å². The van der Waals surface area contributed by atoms with E-state index in [4.69, 9.17) is 10.2 Å². The molecule has 1 aliphatic rings. The molecule has 0 spiro atoms. The molecular formula is C5H9FO3. The Morgan fingerprint density at radius 1 is 1.56 bits per heavy atom. The lowest BCUT2D eigenvalue weighted by Crippen LogP contribution is -2.46. The maximum atomic E-state index is 12.3. The van der Waals surface area contributed by atoms with Crippen LogP contribution in [0.4, 0.5) is 4.39 Å². The first-order valence-electron chi connectivity index (χ1n) is 2.79. The molecule has 0 aliphatic carbocycles. The predicted molar refractivity (Wildman–Crippen MR) is 27.5 cm³/mol. The van der Waals surface area contributed by atoms with Crippen LogP contribution in [-0.4, -0.2) is 35.4 Å². The first-order chi connectivity index (χ1) is 4.13. The predicted octanol–water partition coefficient (Wildman–Crippen LogP) is -0.574. The summed E-state index contributed by atoms with van der Waals surface area (Å²) >= 11 is 0. The molecule has 0 aromatic rings. The Morgan fingerprint density at radius 3 is 2.56 bits per heavy atom. The maximum Gasteiger partial charge on any atom is 0.199 e. The number of aliphatic hydroxyl groups is 2. The van der Waals surface area contributed by atoms with E-state index in [9.17, 15) is 4.39 Å². The van der Waals surface area contributed by atoms with E-state index in [0.29, 0.717) is 0 Å². The van der Waals surface area contributed by atoms with Crippen LogP contribution in [0.25, 0.3) is 0 Å². The van der Waals surface area contributed by atoms with Crippen LogP contribution in [-0.2, 0) is 4.74 Å². The molecule has 0 unspecified atom stereocenters. The molecule has 0 bridgehead atoms. The molecule has 1 fully saturated rings. The van der Waals surface area contributed by atoms with E-state index in [1.165, 1.54) is 0 Å². The molecule has 0 aromatic carbocycles. The quantitative estimate of drug-likeness (QED) is 0.438. The first-order valence-corrected chi connectivity index (χ1v) is 2.79. The van der Waals surface area contributed by atoms with Crippen LogP contribution in [0.2, 0.25) is 0 Å². The van der Waals surface area contributed by atoms with Crippen LogP contribution < -0.4 is 0 Å². The molecule has 4 heteroatoms. The molecule has 3 nitrogen and oxygen atoms in total. The van der Waals surface area contributed by atoms with Gasteiger partial charge in [0, 0.05) is 6.42 Å². The Morgan fingerprint density at radius 2 is 2.22 bits per heavy atom. The fourth-order valence-corrected chi connectivity index (χ4v) is 0.699. The highest BCUT2D eigenvalue weighted by atomic mass is 19.1. The summed E-state index contributed by atoms with van der Waals surface area (Å²) in [7, 11) is 0. The smallest absolute Gasteiger partial charge is 0.199 e. The molecule has 1 aliphatic heterocycles. The van der Waals surface area contributed by atoms with Crippen LogP contribution in [0.1, 0.15) is 6.42 Å². The van der Waals surface area contributed by atoms with E-state index in [0.717, 1.165) is 0 Å². The summed E-state index contributed by atoms with van der Waals surface area (Å²) in [6.07, 6.45) is -1.71. The van der Waals surface area contributed by atoms with Crippen molar-refractivity contribution in [1.29, 1.82) is 0 Å². The monoisotopic (exact) mass is 136 g/mol. The number of halogens is 1. The van der Waals surface area contributed by atoms with Gasteiger partial charge in [-0.3, -0.25) is 0 Å². The standard InChI is InChI=1S/C5H9FO3/c6-4-3-9-2-1-5(4,7)8/h4,7-8H,1-3H2/t4-/m0/s1. The van der Waals surface area contributed by atoms with Crippen LogP contribution in [0.15, 0.2) is 0 Å². The highest BCUT2D eigenvalue weighted by Crippen LogP contribution is 2.19. The topological polar surface area (TPSA) is 49.7 Å². The van der Waals surface area contributed by atoms with E-state index in [1.54, 1.807) is 0 Å². The summed E-state index contributed by atoms with van der Waals surface area (Å²) < 4.78 is 17.0. The Bertz CT molecular complexity index is 104. The van der Waals surface area contributed by atoms with Crippen molar-refractivity contribution in [3.8, 4) is 0 Å². The summed E-state index contributed by atoms with van der Waals surface area (Å²) in [5.74, 6) is -2.15. The zero-order valence-electron chi connectivity index (χ0n) is 4.88. The van der Waals surface area contributed by atoms with E-state index in [1.807, 2.05) is 0 Å². The molecule has 0 saturated carbocycles. The molecule has 1 heterocycles. The second-order valence-electron chi connectivity index (χ2n) is 2.17. The zero-order valence-corrected chi connectivity index (χ0v) is 4.88. The number of ether oxygens (including phenoxy) is 1. The average Bonchev–Trinajstić information content (AvgIpc) is 1.77. The van der Waals surface area contributed by atoms with Crippen molar-refractivity contribution in [2.45, 2.75) is 18.4 Å². The van der Waals surface area contributed by atoms with E-state index in [2.05, 4.69) is 4.74 Å². The molecular weight excluding hydrogens is 127 g/mol. The lowest BCUT2D eigenvalue weighted by Gasteiger charge is -2.29. The molecule has 0 radical (unpaired) electrons. The number of hydrogen-bond donors (Lipinski definition) is 2. The fourth-order valence-electron chi connectivity index (χ4n) is 0.699. The van der Waals surface area contributed by atoms with E-state index < -0.39 is 12.0 Å². The van der Waals surface area contributed by atoms with Crippen molar-refractivity contribution in [2.24, 2.45) is 0 Å². The molecule has 1 atom stereocenters. The van der Waals surface area contributed by atoms with Gasteiger partial charge in [0.05, 0.1) is 13.2 Å².